The molecule has 0 saturated carbocycles. The van der Waals surface area contributed by atoms with Crippen LogP contribution in [0.25, 0.3) is 0 Å². The molecular weight excluding hydrogens is 402 g/mol. The third-order valence-corrected chi connectivity index (χ3v) is 5.91. The van der Waals surface area contributed by atoms with E-state index in [2.05, 4.69) is 10.6 Å². The summed E-state index contributed by atoms with van der Waals surface area (Å²) in [7, 11) is 0. The topological polar surface area (TPSA) is 81.8 Å². The summed E-state index contributed by atoms with van der Waals surface area (Å²) in [6.45, 7) is 1.88. The SMILES string of the molecule is O=C(CN1CCCC1C(=O)N1CCSCC1)NCC(=O)Nc1ccc(F)c(F)c1. The first-order chi connectivity index (χ1) is 13.9. The lowest BCUT2D eigenvalue weighted by Crippen LogP contribution is -2.50. The van der Waals surface area contributed by atoms with Gasteiger partial charge in [0.25, 0.3) is 0 Å². The van der Waals surface area contributed by atoms with Crippen molar-refractivity contribution in [1.29, 1.82) is 0 Å². The van der Waals surface area contributed by atoms with Gasteiger partial charge in [-0.15, -0.1) is 0 Å². The first-order valence-electron chi connectivity index (χ1n) is 9.56. The second-order valence-electron chi connectivity index (χ2n) is 7.02. The maximum atomic E-state index is 13.2. The number of carbonyl (C=O) groups is 3. The summed E-state index contributed by atoms with van der Waals surface area (Å²) in [6, 6.07) is 2.72. The van der Waals surface area contributed by atoms with Gasteiger partial charge in [-0.3, -0.25) is 19.3 Å². The molecule has 0 bridgehead atoms. The van der Waals surface area contributed by atoms with Crippen molar-refractivity contribution in [2.24, 2.45) is 0 Å². The highest BCUT2D eigenvalue weighted by Crippen LogP contribution is 2.21. The van der Waals surface area contributed by atoms with Crippen molar-refractivity contribution < 1.29 is 23.2 Å². The molecule has 1 atom stereocenters. The minimum atomic E-state index is -1.07. The number of rotatable bonds is 6. The van der Waals surface area contributed by atoms with E-state index in [1.165, 1.54) is 6.07 Å². The zero-order valence-electron chi connectivity index (χ0n) is 16.0. The van der Waals surface area contributed by atoms with Crippen LogP contribution >= 0.6 is 11.8 Å². The van der Waals surface area contributed by atoms with Crippen molar-refractivity contribution >= 4 is 35.2 Å². The van der Waals surface area contributed by atoms with Crippen LogP contribution in [0.4, 0.5) is 14.5 Å². The average molecular weight is 426 g/mol. The average Bonchev–Trinajstić information content (AvgIpc) is 3.17. The van der Waals surface area contributed by atoms with Gasteiger partial charge in [-0.05, 0) is 31.5 Å². The molecule has 2 saturated heterocycles. The highest BCUT2D eigenvalue weighted by atomic mass is 32.2. The number of hydrogen-bond donors (Lipinski definition) is 2. The molecule has 1 unspecified atom stereocenters. The lowest BCUT2D eigenvalue weighted by Gasteiger charge is -2.32. The fraction of sp³-hybridized carbons (Fsp3) is 0.526. The predicted molar refractivity (Wildman–Crippen MR) is 106 cm³/mol. The molecule has 2 N–H and O–H groups in total. The molecule has 3 amide bonds. The van der Waals surface area contributed by atoms with Crippen LogP contribution in [0.3, 0.4) is 0 Å². The van der Waals surface area contributed by atoms with E-state index in [0.29, 0.717) is 6.54 Å². The van der Waals surface area contributed by atoms with Gasteiger partial charge in [0.05, 0.1) is 19.1 Å². The summed E-state index contributed by atoms with van der Waals surface area (Å²) in [5, 5.41) is 4.90. The van der Waals surface area contributed by atoms with Gasteiger partial charge in [0.2, 0.25) is 17.7 Å². The number of carbonyl (C=O) groups excluding carboxylic acids is 3. The van der Waals surface area contributed by atoms with Gasteiger partial charge >= 0.3 is 0 Å². The Hall–Kier alpha value is -2.20. The Balaban J connectivity index is 1.44. The lowest BCUT2D eigenvalue weighted by molar-refractivity contribution is -0.136. The van der Waals surface area contributed by atoms with E-state index >= 15 is 0 Å². The largest absolute Gasteiger partial charge is 0.346 e. The number of benzene rings is 1. The summed E-state index contributed by atoms with van der Waals surface area (Å²) in [4.78, 5) is 40.6. The quantitative estimate of drug-likeness (QED) is 0.711. The maximum absolute atomic E-state index is 13.2. The van der Waals surface area contributed by atoms with Crippen LogP contribution in [0.2, 0.25) is 0 Å². The van der Waals surface area contributed by atoms with E-state index in [0.717, 1.165) is 49.6 Å². The molecule has 2 fully saturated rings. The van der Waals surface area contributed by atoms with Crippen LogP contribution < -0.4 is 10.6 Å². The van der Waals surface area contributed by atoms with Gasteiger partial charge in [-0.25, -0.2) is 8.78 Å². The molecule has 2 heterocycles. The molecule has 0 radical (unpaired) electrons. The number of anilines is 1. The number of halogens is 2. The van der Waals surface area contributed by atoms with Crippen molar-refractivity contribution in [2.45, 2.75) is 18.9 Å². The smallest absolute Gasteiger partial charge is 0.243 e. The monoisotopic (exact) mass is 426 g/mol. The van der Waals surface area contributed by atoms with E-state index in [-0.39, 0.29) is 36.6 Å². The number of likely N-dealkylation sites (tertiary alicyclic amines) is 1. The van der Waals surface area contributed by atoms with Crippen LogP contribution in [-0.2, 0) is 14.4 Å². The van der Waals surface area contributed by atoms with Crippen molar-refractivity contribution in [1.82, 2.24) is 15.1 Å². The summed E-state index contributed by atoms with van der Waals surface area (Å²) >= 11 is 1.83. The van der Waals surface area contributed by atoms with Crippen LogP contribution in [-0.4, -0.2) is 77.8 Å². The maximum Gasteiger partial charge on any atom is 0.243 e. The highest BCUT2D eigenvalue weighted by molar-refractivity contribution is 7.99. The highest BCUT2D eigenvalue weighted by Gasteiger charge is 2.35. The van der Waals surface area contributed by atoms with Crippen molar-refractivity contribution in [3.05, 3.63) is 29.8 Å². The van der Waals surface area contributed by atoms with E-state index in [1.54, 1.807) is 0 Å². The molecule has 2 aliphatic heterocycles. The zero-order valence-corrected chi connectivity index (χ0v) is 16.8. The van der Waals surface area contributed by atoms with Gasteiger partial charge in [-0.1, -0.05) is 0 Å². The minimum Gasteiger partial charge on any atom is -0.346 e. The van der Waals surface area contributed by atoms with Crippen LogP contribution in [0, 0.1) is 11.6 Å². The zero-order chi connectivity index (χ0) is 20.8. The first-order valence-corrected chi connectivity index (χ1v) is 10.7. The lowest BCUT2D eigenvalue weighted by atomic mass is 10.2. The van der Waals surface area contributed by atoms with Crippen LogP contribution in [0.1, 0.15) is 12.8 Å². The second-order valence-corrected chi connectivity index (χ2v) is 8.24. The van der Waals surface area contributed by atoms with Gasteiger partial charge in [0, 0.05) is 36.3 Å². The number of amides is 3. The third kappa shape index (κ3) is 5.89. The standard InChI is InChI=1S/C19H24F2N4O3S/c20-14-4-3-13(10-15(14)21)23-17(26)11-22-18(27)12-25-5-1-2-16(25)19(28)24-6-8-29-9-7-24/h3-4,10,16H,1-2,5-9,11-12H2,(H,22,27)(H,23,26). The molecule has 29 heavy (non-hydrogen) atoms. The van der Waals surface area contributed by atoms with E-state index in [9.17, 15) is 23.2 Å². The van der Waals surface area contributed by atoms with Crippen LogP contribution in [0.15, 0.2) is 18.2 Å². The Morgan fingerprint density at radius 3 is 2.55 bits per heavy atom. The van der Waals surface area contributed by atoms with Gasteiger partial charge < -0.3 is 15.5 Å². The molecule has 2 aliphatic rings. The van der Waals surface area contributed by atoms with Crippen LogP contribution in [0.5, 0.6) is 0 Å². The first kappa shape index (κ1) is 21.5. The normalized spacial score (nSPS) is 19.8. The van der Waals surface area contributed by atoms with Crippen molar-refractivity contribution in [3.8, 4) is 0 Å². The van der Waals surface area contributed by atoms with E-state index in [1.807, 2.05) is 21.6 Å². The van der Waals surface area contributed by atoms with Gasteiger partial charge in [0.1, 0.15) is 0 Å². The number of thioether (sulfide) groups is 1. The van der Waals surface area contributed by atoms with Crippen molar-refractivity contribution in [3.63, 3.8) is 0 Å². The molecule has 3 rings (SSSR count). The molecule has 0 spiro atoms. The number of nitrogens with one attached hydrogen (secondary N) is 2. The molecule has 158 valence electrons. The Morgan fingerprint density at radius 1 is 1.07 bits per heavy atom. The molecule has 0 aliphatic carbocycles. The molecule has 1 aromatic carbocycles. The Morgan fingerprint density at radius 2 is 1.83 bits per heavy atom. The predicted octanol–water partition coefficient (Wildman–Crippen LogP) is 1.06. The summed E-state index contributed by atoms with van der Waals surface area (Å²) < 4.78 is 26.1. The fourth-order valence-electron chi connectivity index (χ4n) is 3.49. The fourth-order valence-corrected chi connectivity index (χ4v) is 4.39. The van der Waals surface area contributed by atoms with Gasteiger partial charge in [-0.2, -0.15) is 11.8 Å². The molecule has 0 aromatic heterocycles. The summed E-state index contributed by atoms with van der Waals surface area (Å²) in [5.41, 5.74) is 0.105. The number of nitrogens with zero attached hydrogens (tertiary/aromatic N) is 2. The molecule has 7 nitrogen and oxygen atoms in total. The van der Waals surface area contributed by atoms with E-state index < -0.39 is 17.5 Å². The molecule has 1 aromatic rings. The minimum absolute atomic E-state index is 0.0391. The van der Waals surface area contributed by atoms with Gasteiger partial charge in [0.15, 0.2) is 11.6 Å². The Bertz CT molecular complexity index is 774. The molecular formula is C19H24F2N4O3S. The number of hydrogen-bond acceptors (Lipinski definition) is 5. The van der Waals surface area contributed by atoms with Crippen molar-refractivity contribution in [2.75, 3.05) is 49.5 Å². The third-order valence-electron chi connectivity index (χ3n) is 4.97. The Labute approximate surface area is 172 Å². The Kier molecular flexibility index (Phi) is 7.43. The second kappa shape index (κ2) is 10.0. The molecule has 10 heteroatoms. The summed E-state index contributed by atoms with van der Waals surface area (Å²) in [6.07, 6.45) is 1.58. The van der Waals surface area contributed by atoms with E-state index in [4.69, 9.17) is 0 Å². The summed E-state index contributed by atoms with van der Waals surface area (Å²) in [5.74, 6) is -1.04.